The van der Waals surface area contributed by atoms with Crippen LogP contribution in [0.25, 0.3) is 0 Å². The van der Waals surface area contributed by atoms with Crippen molar-refractivity contribution >= 4 is 29.4 Å². The van der Waals surface area contributed by atoms with Crippen LogP contribution < -0.4 is 10.6 Å². The number of urea groups is 1. The molecule has 0 saturated carbocycles. The first-order valence-corrected chi connectivity index (χ1v) is 8.06. The molecule has 0 bridgehead atoms. The molecule has 1 heterocycles. The molecule has 1 fully saturated rings. The van der Waals surface area contributed by atoms with E-state index in [9.17, 15) is 4.79 Å². The van der Waals surface area contributed by atoms with E-state index in [4.69, 9.17) is 16.3 Å². The highest BCUT2D eigenvalue weighted by Gasteiger charge is 2.34. The predicted molar refractivity (Wildman–Crippen MR) is 83.4 cm³/mol. The molecule has 110 valence electrons. The van der Waals surface area contributed by atoms with Gasteiger partial charge in [-0.25, -0.2) is 4.79 Å². The lowest BCUT2D eigenvalue weighted by molar-refractivity contribution is 0.0157. The number of halogens is 1. The molecule has 2 rings (SSSR count). The van der Waals surface area contributed by atoms with Crippen molar-refractivity contribution < 1.29 is 9.53 Å². The average molecular weight is 315 g/mol. The third-order valence-corrected chi connectivity index (χ3v) is 4.91. The molecule has 0 aromatic heterocycles. The Labute approximate surface area is 128 Å². The summed E-state index contributed by atoms with van der Waals surface area (Å²) in [5.41, 5.74) is 0.810. The fourth-order valence-electron chi connectivity index (χ4n) is 2.05. The Hall–Kier alpha value is -0.910. The minimum absolute atomic E-state index is 0.173. The topological polar surface area (TPSA) is 50.4 Å². The van der Waals surface area contributed by atoms with Crippen molar-refractivity contribution in [2.24, 2.45) is 0 Å². The van der Waals surface area contributed by atoms with Crippen molar-refractivity contribution in [3.05, 3.63) is 34.9 Å². The summed E-state index contributed by atoms with van der Waals surface area (Å²) >= 11 is 7.67. The number of rotatable bonds is 5. The first-order chi connectivity index (χ1) is 9.63. The minimum Gasteiger partial charge on any atom is -0.376 e. The van der Waals surface area contributed by atoms with Gasteiger partial charge in [-0.05, 0) is 29.9 Å². The van der Waals surface area contributed by atoms with Gasteiger partial charge in [-0.3, -0.25) is 0 Å². The largest absolute Gasteiger partial charge is 0.376 e. The summed E-state index contributed by atoms with van der Waals surface area (Å²) in [4.78, 5) is 11.8. The molecule has 1 unspecified atom stereocenters. The van der Waals surface area contributed by atoms with Gasteiger partial charge in [0.05, 0.1) is 5.60 Å². The Morgan fingerprint density at radius 1 is 1.40 bits per heavy atom. The molecule has 4 nitrogen and oxygen atoms in total. The van der Waals surface area contributed by atoms with Crippen molar-refractivity contribution in [2.45, 2.75) is 18.6 Å². The number of carbonyl (C=O) groups is 1. The van der Waals surface area contributed by atoms with E-state index in [1.165, 1.54) is 0 Å². The average Bonchev–Trinajstić information content (AvgIpc) is 2.94. The van der Waals surface area contributed by atoms with Crippen LogP contribution in [0.4, 0.5) is 4.79 Å². The van der Waals surface area contributed by atoms with E-state index < -0.39 is 0 Å². The molecular formula is C14H19ClN2O2S. The Kier molecular flexibility index (Phi) is 5.57. The number of amides is 2. The summed E-state index contributed by atoms with van der Waals surface area (Å²) in [6.07, 6.45) is 0.978. The molecule has 2 N–H and O–H groups in total. The molecule has 1 aromatic carbocycles. The van der Waals surface area contributed by atoms with E-state index >= 15 is 0 Å². The van der Waals surface area contributed by atoms with Crippen molar-refractivity contribution in [1.29, 1.82) is 0 Å². The Balaban J connectivity index is 1.74. The van der Waals surface area contributed by atoms with Gasteiger partial charge in [-0.15, -0.1) is 0 Å². The number of methoxy groups -OCH3 is 1. The molecule has 6 heteroatoms. The summed E-state index contributed by atoms with van der Waals surface area (Å²) in [5.74, 6) is 2.02. The fourth-order valence-corrected chi connectivity index (χ4v) is 3.57. The smallest absolute Gasteiger partial charge is 0.315 e. The number of ether oxygens (including phenoxy) is 1. The summed E-state index contributed by atoms with van der Waals surface area (Å²) in [6.45, 7) is 1.03. The van der Waals surface area contributed by atoms with E-state index in [2.05, 4.69) is 10.6 Å². The summed E-state index contributed by atoms with van der Waals surface area (Å²) < 4.78 is 5.55. The van der Waals surface area contributed by atoms with E-state index in [0.717, 1.165) is 23.5 Å². The van der Waals surface area contributed by atoms with Gasteiger partial charge in [0.15, 0.2) is 0 Å². The second-order valence-electron chi connectivity index (χ2n) is 4.85. The van der Waals surface area contributed by atoms with Crippen molar-refractivity contribution in [2.75, 3.05) is 25.2 Å². The van der Waals surface area contributed by atoms with Crippen LogP contribution in [0, 0.1) is 0 Å². The second-order valence-corrected chi connectivity index (χ2v) is 6.39. The third-order valence-electron chi connectivity index (χ3n) is 3.44. The quantitative estimate of drug-likeness (QED) is 0.878. The van der Waals surface area contributed by atoms with Crippen molar-refractivity contribution in [1.82, 2.24) is 10.6 Å². The highest BCUT2D eigenvalue weighted by atomic mass is 35.5. The normalized spacial score (nSPS) is 21.7. The van der Waals surface area contributed by atoms with E-state index in [-0.39, 0.29) is 11.6 Å². The highest BCUT2D eigenvalue weighted by Crippen LogP contribution is 2.30. The number of hydrogen-bond donors (Lipinski definition) is 2. The molecule has 1 saturated heterocycles. The third kappa shape index (κ3) is 4.30. The van der Waals surface area contributed by atoms with Gasteiger partial charge in [0.2, 0.25) is 0 Å². The zero-order chi connectivity index (χ0) is 14.4. The van der Waals surface area contributed by atoms with Crippen molar-refractivity contribution in [3.63, 3.8) is 0 Å². The zero-order valence-corrected chi connectivity index (χ0v) is 13.0. The number of hydrogen-bond acceptors (Lipinski definition) is 3. The van der Waals surface area contributed by atoms with E-state index in [1.54, 1.807) is 7.11 Å². The first-order valence-electron chi connectivity index (χ1n) is 6.53. The van der Waals surface area contributed by atoms with Gasteiger partial charge in [0, 0.05) is 31.0 Å². The summed E-state index contributed by atoms with van der Waals surface area (Å²) in [6, 6.07) is 7.24. The molecule has 20 heavy (non-hydrogen) atoms. The highest BCUT2D eigenvalue weighted by molar-refractivity contribution is 7.99. The van der Waals surface area contributed by atoms with Gasteiger partial charge in [0.1, 0.15) is 0 Å². The van der Waals surface area contributed by atoms with Crippen LogP contribution in [-0.2, 0) is 11.3 Å². The molecule has 0 spiro atoms. The monoisotopic (exact) mass is 314 g/mol. The van der Waals surface area contributed by atoms with Crippen LogP contribution >= 0.6 is 23.4 Å². The maximum absolute atomic E-state index is 11.8. The van der Waals surface area contributed by atoms with Crippen LogP contribution in [0.1, 0.15) is 12.0 Å². The number of benzene rings is 1. The fraction of sp³-hybridized carbons (Fsp3) is 0.500. The van der Waals surface area contributed by atoms with Gasteiger partial charge in [-0.2, -0.15) is 11.8 Å². The molecule has 1 aliphatic heterocycles. The second kappa shape index (κ2) is 7.20. The minimum atomic E-state index is -0.206. The van der Waals surface area contributed by atoms with Gasteiger partial charge < -0.3 is 15.4 Å². The van der Waals surface area contributed by atoms with Gasteiger partial charge >= 0.3 is 6.03 Å². The molecule has 1 aromatic rings. The summed E-state index contributed by atoms with van der Waals surface area (Å²) in [5, 5.41) is 6.41. The first kappa shape index (κ1) is 15.5. The lowest BCUT2D eigenvalue weighted by Gasteiger charge is -2.26. The van der Waals surface area contributed by atoms with Crippen molar-refractivity contribution in [3.8, 4) is 0 Å². The number of carbonyl (C=O) groups excluding carboxylic acids is 1. The lowest BCUT2D eigenvalue weighted by atomic mass is 10.0. The SMILES string of the molecule is COC1(CNC(=O)NCc2ccc(Cl)cc2)CCSC1. The van der Waals surface area contributed by atoms with Crippen LogP contribution in [0.15, 0.2) is 24.3 Å². The predicted octanol–water partition coefficient (Wildman–Crippen LogP) is 2.66. The Morgan fingerprint density at radius 3 is 2.75 bits per heavy atom. The Bertz CT molecular complexity index is 447. The van der Waals surface area contributed by atoms with Crippen LogP contribution in [0.3, 0.4) is 0 Å². The Morgan fingerprint density at radius 2 is 2.15 bits per heavy atom. The van der Waals surface area contributed by atoms with Crippen LogP contribution in [0.5, 0.6) is 0 Å². The van der Waals surface area contributed by atoms with Gasteiger partial charge in [-0.1, -0.05) is 23.7 Å². The molecule has 0 aliphatic carbocycles. The standard InChI is InChI=1S/C14H19ClN2O2S/c1-19-14(6-7-20-10-14)9-17-13(18)16-8-11-2-4-12(15)5-3-11/h2-5H,6-10H2,1H3,(H2,16,17,18). The molecule has 1 aliphatic rings. The summed E-state index contributed by atoms with van der Waals surface area (Å²) in [7, 11) is 1.71. The maximum Gasteiger partial charge on any atom is 0.315 e. The molecule has 2 amide bonds. The van der Waals surface area contributed by atoms with E-state index in [0.29, 0.717) is 18.1 Å². The molecular weight excluding hydrogens is 296 g/mol. The number of nitrogens with one attached hydrogen (secondary N) is 2. The van der Waals surface area contributed by atoms with Crippen LogP contribution in [-0.4, -0.2) is 36.8 Å². The molecule has 1 atom stereocenters. The maximum atomic E-state index is 11.8. The van der Waals surface area contributed by atoms with E-state index in [1.807, 2.05) is 36.0 Å². The molecule has 0 radical (unpaired) electrons. The van der Waals surface area contributed by atoms with Gasteiger partial charge in [0.25, 0.3) is 0 Å². The number of thioether (sulfide) groups is 1. The zero-order valence-electron chi connectivity index (χ0n) is 11.4. The van der Waals surface area contributed by atoms with Crippen LogP contribution in [0.2, 0.25) is 5.02 Å². The lowest BCUT2D eigenvalue weighted by Crippen LogP contribution is -2.47.